The predicted octanol–water partition coefficient (Wildman–Crippen LogP) is 6.87. The van der Waals surface area contributed by atoms with E-state index in [9.17, 15) is 14.7 Å². The van der Waals surface area contributed by atoms with Gasteiger partial charge in [0.05, 0.1) is 6.10 Å². The van der Waals surface area contributed by atoms with Crippen LogP contribution in [0.15, 0.2) is 36.4 Å². The number of aliphatic hydroxyl groups is 1. The lowest BCUT2D eigenvalue weighted by Gasteiger charge is -2.25. The van der Waals surface area contributed by atoms with Crippen LogP contribution in [-0.2, 0) is 23.7 Å². The fourth-order valence-electron chi connectivity index (χ4n) is 4.34. The van der Waals surface area contributed by atoms with Crippen molar-refractivity contribution in [2.24, 2.45) is 0 Å². The van der Waals surface area contributed by atoms with Gasteiger partial charge in [-0.05, 0) is 112 Å². The van der Waals surface area contributed by atoms with E-state index in [-0.39, 0.29) is 33.7 Å². The third kappa shape index (κ3) is 10.4. The van der Waals surface area contributed by atoms with E-state index in [2.05, 4.69) is 64.3 Å². The summed E-state index contributed by atoms with van der Waals surface area (Å²) in [5.41, 5.74) is 4.39. The third-order valence-corrected chi connectivity index (χ3v) is 6.54. The Bertz CT molecular complexity index is 1170. The van der Waals surface area contributed by atoms with Crippen molar-refractivity contribution in [2.75, 3.05) is 0 Å². The first-order valence-corrected chi connectivity index (χ1v) is 14.2. The summed E-state index contributed by atoms with van der Waals surface area (Å²) < 4.78 is 0. The number of carbonyl (C=O) groups excluding carboxylic acids is 2. The average Bonchev–Trinajstić information content (AvgIpc) is 2.74. The second-order valence-corrected chi connectivity index (χ2v) is 15.1. The molecule has 0 aromatic heterocycles. The van der Waals surface area contributed by atoms with Gasteiger partial charge in [-0.25, -0.2) is 0 Å². The number of amides is 2. The fourth-order valence-corrected chi connectivity index (χ4v) is 4.34. The zero-order chi connectivity index (χ0) is 30.0. The zero-order valence-corrected chi connectivity index (χ0v) is 26.4. The van der Waals surface area contributed by atoms with Gasteiger partial charge < -0.3 is 15.7 Å². The molecule has 2 aromatic carbocycles. The van der Waals surface area contributed by atoms with Crippen molar-refractivity contribution < 1.29 is 14.7 Å². The lowest BCUT2D eigenvalue weighted by Crippen LogP contribution is -2.41. The van der Waals surface area contributed by atoms with E-state index in [0.29, 0.717) is 30.4 Å². The minimum Gasteiger partial charge on any atom is -0.393 e. The summed E-state index contributed by atoms with van der Waals surface area (Å²) in [6, 6.07) is 12.1. The molecule has 0 radical (unpaired) electrons. The number of aryl methyl sites for hydroxylation is 1. The van der Waals surface area contributed by atoms with E-state index in [4.69, 9.17) is 0 Å². The Labute approximate surface area is 237 Å². The van der Waals surface area contributed by atoms with Crippen LogP contribution in [0.1, 0.15) is 132 Å². The molecule has 2 amide bonds. The van der Waals surface area contributed by atoms with Crippen LogP contribution in [-0.4, -0.2) is 34.1 Å². The summed E-state index contributed by atoms with van der Waals surface area (Å²) in [6.45, 7) is 24.6. The molecule has 0 bridgehead atoms. The van der Waals surface area contributed by atoms with Crippen molar-refractivity contribution in [1.82, 2.24) is 10.6 Å². The molecular weight excluding hydrogens is 484 g/mol. The molecule has 0 heterocycles. The van der Waals surface area contributed by atoms with E-state index < -0.39 is 6.10 Å². The number of carbonyl (C=O) groups is 2. The van der Waals surface area contributed by atoms with Crippen LogP contribution < -0.4 is 10.6 Å². The summed E-state index contributed by atoms with van der Waals surface area (Å²) >= 11 is 0. The van der Waals surface area contributed by atoms with Crippen molar-refractivity contribution in [3.63, 3.8) is 0 Å². The maximum atomic E-state index is 13.2. The SMILES string of the molecule is CC(C)(C)NC(=O)c1cc(CCC(O)Cc2ccc(C(C)(C)C)cc2C(=O)NC(C)(C)C)cc(C(C)(C)C)c1. The van der Waals surface area contributed by atoms with Gasteiger partial charge in [-0.3, -0.25) is 9.59 Å². The molecule has 0 spiro atoms. The van der Waals surface area contributed by atoms with Crippen molar-refractivity contribution in [3.8, 4) is 0 Å². The van der Waals surface area contributed by atoms with E-state index in [1.165, 1.54) is 0 Å². The number of benzene rings is 2. The molecule has 0 aliphatic carbocycles. The van der Waals surface area contributed by atoms with Crippen LogP contribution in [0.25, 0.3) is 0 Å². The van der Waals surface area contributed by atoms with Gasteiger partial charge in [0.1, 0.15) is 0 Å². The second-order valence-electron chi connectivity index (χ2n) is 15.1. The molecule has 0 aliphatic rings. The Morgan fingerprint density at radius 3 is 1.77 bits per heavy atom. The summed E-state index contributed by atoms with van der Waals surface area (Å²) in [7, 11) is 0. The van der Waals surface area contributed by atoms with Gasteiger partial charge in [-0.1, -0.05) is 59.7 Å². The Balaban J connectivity index is 2.30. The van der Waals surface area contributed by atoms with Crippen molar-refractivity contribution >= 4 is 11.8 Å². The number of hydrogen-bond acceptors (Lipinski definition) is 3. The molecule has 216 valence electrons. The van der Waals surface area contributed by atoms with Crippen molar-refractivity contribution in [3.05, 3.63) is 69.8 Å². The Kier molecular flexibility index (Phi) is 9.88. The monoisotopic (exact) mass is 536 g/mol. The first-order chi connectivity index (χ1) is 17.5. The van der Waals surface area contributed by atoms with Gasteiger partial charge >= 0.3 is 0 Å². The average molecular weight is 537 g/mol. The van der Waals surface area contributed by atoms with E-state index in [0.717, 1.165) is 22.3 Å². The van der Waals surface area contributed by atoms with Gasteiger partial charge in [0.25, 0.3) is 11.8 Å². The van der Waals surface area contributed by atoms with Crippen molar-refractivity contribution in [2.45, 2.75) is 130 Å². The molecule has 0 fully saturated rings. The molecule has 3 N–H and O–H groups in total. The molecule has 2 aromatic rings. The standard InChI is InChI=1S/C34H52N2O3/c1-31(2,3)25-15-14-23(28(21-25)30(39)36-34(10,11)12)20-27(37)16-13-22-17-24(29(38)35-33(7,8)9)19-26(18-22)32(4,5)6/h14-15,17-19,21,27,37H,13,16,20H2,1-12H3,(H,35,38)(H,36,39). The highest BCUT2D eigenvalue weighted by molar-refractivity contribution is 5.96. The maximum Gasteiger partial charge on any atom is 0.251 e. The lowest BCUT2D eigenvalue weighted by molar-refractivity contribution is 0.0908. The van der Waals surface area contributed by atoms with Crippen LogP contribution in [0.3, 0.4) is 0 Å². The lowest BCUT2D eigenvalue weighted by atomic mass is 9.83. The van der Waals surface area contributed by atoms with E-state index in [1.807, 2.05) is 65.8 Å². The highest BCUT2D eigenvalue weighted by Crippen LogP contribution is 2.28. The number of rotatable bonds is 7. The van der Waals surface area contributed by atoms with Crippen LogP contribution in [0, 0.1) is 0 Å². The summed E-state index contributed by atoms with van der Waals surface area (Å²) in [4.78, 5) is 26.2. The molecule has 5 heteroatoms. The molecule has 39 heavy (non-hydrogen) atoms. The van der Waals surface area contributed by atoms with Crippen LogP contribution in [0.2, 0.25) is 0 Å². The van der Waals surface area contributed by atoms with Gasteiger partial charge in [0.15, 0.2) is 0 Å². The topological polar surface area (TPSA) is 78.4 Å². The third-order valence-electron chi connectivity index (χ3n) is 6.54. The summed E-state index contributed by atoms with van der Waals surface area (Å²) in [6.07, 6.45) is 0.907. The Morgan fingerprint density at radius 1 is 0.718 bits per heavy atom. The fraction of sp³-hybridized carbons (Fsp3) is 0.588. The Hall–Kier alpha value is -2.66. The van der Waals surface area contributed by atoms with Crippen LogP contribution in [0.4, 0.5) is 0 Å². The maximum absolute atomic E-state index is 13.2. The first kappa shape index (κ1) is 32.6. The molecule has 5 nitrogen and oxygen atoms in total. The largest absolute Gasteiger partial charge is 0.393 e. The quantitative estimate of drug-likeness (QED) is 0.361. The molecule has 0 aliphatic heterocycles. The summed E-state index contributed by atoms with van der Waals surface area (Å²) in [5.74, 6) is -0.216. The van der Waals surface area contributed by atoms with Gasteiger partial charge in [0.2, 0.25) is 0 Å². The normalized spacial score (nSPS) is 13.7. The molecule has 1 unspecified atom stereocenters. The van der Waals surface area contributed by atoms with Gasteiger partial charge in [-0.15, -0.1) is 0 Å². The molecular formula is C34H52N2O3. The second kappa shape index (κ2) is 11.8. The van der Waals surface area contributed by atoms with E-state index >= 15 is 0 Å². The number of hydrogen-bond donors (Lipinski definition) is 3. The van der Waals surface area contributed by atoms with Crippen LogP contribution >= 0.6 is 0 Å². The van der Waals surface area contributed by atoms with Gasteiger partial charge in [0, 0.05) is 22.2 Å². The molecule has 2 rings (SSSR count). The smallest absolute Gasteiger partial charge is 0.251 e. The number of nitrogens with one attached hydrogen (secondary N) is 2. The number of aliphatic hydroxyl groups excluding tert-OH is 1. The minimum atomic E-state index is -0.628. The highest BCUT2D eigenvalue weighted by atomic mass is 16.3. The van der Waals surface area contributed by atoms with Crippen molar-refractivity contribution in [1.29, 1.82) is 0 Å². The van der Waals surface area contributed by atoms with E-state index in [1.54, 1.807) is 0 Å². The highest BCUT2D eigenvalue weighted by Gasteiger charge is 2.24. The van der Waals surface area contributed by atoms with Gasteiger partial charge in [-0.2, -0.15) is 0 Å². The summed E-state index contributed by atoms with van der Waals surface area (Å²) in [5, 5.41) is 17.2. The molecule has 0 saturated heterocycles. The predicted molar refractivity (Wildman–Crippen MR) is 163 cm³/mol. The molecule has 0 saturated carbocycles. The zero-order valence-electron chi connectivity index (χ0n) is 26.4. The minimum absolute atomic E-state index is 0.0937. The Morgan fingerprint density at radius 2 is 1.26 bits per heavy atom. The first-order valence-electron chi connectivity index (χ1n) is 14.2. The molecule has 1 atom stereocenters. The van der Waals surface area contributed by atoms with Crippen LogP contribution in [0.5, 0.6) is 0 Å².